The summed E-state index contributed by atoms with van der Waals surface area (Å²) in [5.41, 5.74) is 0.367. The topological polar surface area (TPSA) is 69.7 Å². The first-order valence-electron chi connectivity index (χ1n) is 9.75. The Morgan fingerprint density at radius 1 is 1.25 bits per heavy atom. The van der Waals surface area contributed by atoms with Gasteiger partial charge in [0.15, 0.2) is 0 Å². The largest absolute Gasteiger partial charge is 0.497 e. The number of amides is 1. The zero-order valence-corrected chi connectivity index (χ0v) is 16.7. The second kappa shape index (κ2) is 9.55. The van der Waals surface area contributed by atoms with E-state index in [2.05, 4.69) is 24.1 Å². The Labute approximate surface area is 166 Å². The SMILES string of the molecule is COc1cccc(Oc2ccc(C(=O)NC3CCCOC3CC(C)C)nc2)c1. The van der Waals surface area contributed by atoms with Crippen molar-refractivity contribution in [2.24, 2.45) is 5.92 Å². The number of aromatic nitrogens is 1. The lowest BCUT2D eigenvalue weighted by molar-refractivity contribution is -0.0186. The van der Waals surface area contributed by atoms with Crippen molar-refractivity contribution < 1.29 is 19.0 Å². The van der Waals surface area contributed by atoms with E-state index in [1.807, 2.05) is 18.2 Å². The molecular formula is C22H28N2O4. The van der Waals surface area contributed by atoms with Crippen LogP contribution in [0.15, 0.2) is 42.6 Å². The van der Waals surface area contributed by atoms with Crippen molar-refractivity contribution in [1.82, 2.24) is 10.3 Å². The zero-order valence-electron chi connectivity index (χ0n) is 16.7. The first kappa shape index (κ1) is 20.1. The number of ether oxygens (including phenoxy) is 3. The van der Waals surface area contributed by atoms with E-state index in [1.165, 1.54) is 0 Å². The van der Waals surface area contributed by atoms with Crippen molar-refractivity contribution in [3.63, 3.8) is 0 Å². The molecule has 2 aromatic rings. The maximum absolute atomic E-state index is 12.6. The highest BCUT2D eigenvalue weighted by atomic mass is 16.5. The predicted octanol–water partition coefficient (Wildman–Crippen LogP) is 4.21. The van der Waals surface area contributed by atoms with E-state index in [-0.39, 0.29) is 18.1 Å². The van der Waals surface area contributed by atoms with Crippen LogP contribution in [0.2, 0.25) is 0 Å². The number of nitrogens with zero attached hydrogens (tertiary/aromatic N) is 1. The Morgan fingerprint density at radius 3 is 2.79 bits per heavy atom. The van der Waals surface area contributed by atoms with Gasteiger partial charge in [-0.05, 0) is 49.4 Å². The smallest absolute Gasteiger partial charge is 0.270 e. The summed E-state index contributed by atoms with van der Waals surface area (Å²) in [6, 6.07) is 10.8. The molecule has 1 saturated heterocycles. The van der Waals surface area contributed by atoms with Crippen LogP contribution in [0.1, 0.15) is 43.6 Å². The minimum Gasteiger partial charge on any atom is -0.497 e. The predicted molar refractivity (Wildman–Crippen MR) is 107 cm³/mol. The maximum atomic E-state index is 12.6. The van der Waals surface area contributed by atoms with Gasteiger partial charge >= 0.3 is 0 Å². The lowest BCUT2D eigenvalue weighted by Gasteiger charge is -2.33. The summed E-state index contributed by atoms with van der Waals surface area (Å²) < 4.78 is 16.8. The molecular weight excluding hydrogens is 356 g/mol. The monoisotopic (exact) mass is 384 g/mol. The Hall–Kier alpha value is -2.60. The summed E-state index contributed by atoms with van der Waals surface area (Å²) in [5.74, 6) is 2.26. The summed E-state index contributed by atoms with van der Waals surface area (Å²) in [6.45, 7) is 5.09. The summed E-state index contributed by atoms with van der Waals surface area (Å²) in [7, 11) is 1.61. The molecule has 1 aromatic heterocycles. The second-order valence-electron chi connectivity index (χ2n) is 7.42. The first-order valence-corrected chi connectivity index (χ1v) is 9.75. The first-order chi connectivity index (χ1) is 13.5. The highest BCUT2D eigenvalue weighted by molar-refractivity contribution is 5.92. The minimum atomic E-state index is -0.183. The number of pyridine rings is 1. The fraction of sp³-hybridized carbons (Fsp3) is 0.455. The highest BCUT2D eigenvalue weighted by Crippen LogP contribution is 2.25. The zero-order chi connectivity index (χ0) is 19.9. The van der Waals surface area contributed by atoms with Gasteiger partial charge in [0, 0.05) is 12.7 Å². The number of nitrogens with one attached hydrogen (secondary N) is 1. The normalized spacial score (nSPS) is 19.3. The lowest BCUT2D eigenvalue weighted by atomic mass is 9.94. The van der Waals surface area contributed by atoms with Gasteiger partial charge in [-0.1, -0.05) is 19.9 Å². The molecule has 0 spiro atoms. The van der Waals surface area contributed by atoms with Gasteiger partial charge in [0.2, 0.25) is 0 Å². The van der Waals surface area contributed by atoms with Crippen molar-refractivity contribution in [3.8, 4) is 17.2 Å². The van der Waals surface area contributed by atoms with Crippen LogP contribution in [-0.4, -0.2) is 36.8 Å². The maximum Gasteiger partial charge on any atom is 0.270 e. The highest BCUT2D eigenvalue weighted by Gasteiger charge is 2.28. The van der Waals surface area contributed by atoms with Gasteiger partial charge in [0.1, 0.15) is 22.9 Å². The van der Waals surface area contributed by atoms with Crippen LogP contribution in [0.3, 0.4) is 0 Å². The Bertz CT molecular complexity index is 776. The van der Waals surface area contributed by atoms with Crippen LogP contribution >= 0.6 is 0 Å². The van der Waals surface area contributed by atoms with Gasteiger partial charge in [-0.3, -0.25) is 4.79 Å². The van der Waals surface area contributed by atoms with Gasteiger partial charge in [0.05, 0.1) is 25.5 Å². The molecule has 2 unspecified atom stereocenters. The molecule has 3 rings (SSSR count). The molecule has 150 valence electrons. The van der Waals surface area contributed by atoms with Crippen LogP contribution in [0, 0.1) is 5.92 Å². The standard InChI is InChI=1S/C22H28N2O4/c1-15(2)12-21-19(8-5-11-27-21)24-22(25)20-10-9-18(14-23-20)28-17-7-4-6-16(13-17)26-3/h4,6-7,9-10,13-15,19,21H,5,8,11-12H2,1-3H3,(H,24,25). The molecule has 6 heteroatoms. The van der Waals surface area contributed by atoms with Crippen LogP contribution < -0.4 is 14.8 Å². The average Bonchev–Trinajstić information content (AvgIpc) is 2.70. The summed E-state index contributed by atoms with van der Waals surface area (Å²) in [4.78, 5) is 16.9. The molecule has 0 bridgehead atoms. The number of methoxy groups -OCH3 is 1. The molecule has 1 fully saturated rings. The van der Waals surface area contributed by atoms with Crippen molar-refractivity contribution >= 4 is 5.91 Å². The number of rotatable bonds is 7. The Kier molecular flexibility index (Phi) is 6.87. The molecule has 1 amide bonds. The molecule has 0 aliphatic carbocycles. The van der Waals surface area contributed by atoms with E-state index in [0.717, 1.165) is 25.9 Å². The quantitative estimate of drug-likeness (QED) is 0.774. The van der Waals surface area contributed by atoms with Crippen LogP contribution in [-0.2, 0) is 4.74 Å². The molecule has 1 aliphatic heterocycles. The fourth-order valence-corrected chi connectivity index (χ4v) is 3.32. The van der Waals surface area contributed by atoms with Gasteiger partial charge in [-0.2, -0.15) is 0 Å². The van der Waals surface area contributed by atoms with Crippen LogP contribution in [0.5, 0.6) is 17.2 Å². The Morgan fingerprint density at radius 2 is 2.07 bits per heavy atom. The van der Waals surface area contributed by atoms with Crippen LogP contribution in [0.25, 0.3) is 0 Å². The van der Waals surface area contributed by atoms with Crippen LogP contribution in [0.4, 0.5) is 0 Å². The number of hydrogen-bond donors (Lipinski definition) is 1. The summed E-state index contributed by atoms with van der Waals surface area (Å²) in [6.07, 6.45) is 4.44. The fourth-order valence-electron chi connectivity index (χ4n) is 3.32. The Balaban J connectivity index is 1.61. The van der Waals surface area contributed by atoms with Crippen molar-refractivity contribution in [2.75, 3.05) is 13.7 Å². The van der Waals surface area contributed by atoms with E-state index >= 15 is 0 Å². The summed E-state index contributed by atoms with van der Waals surface area (Å²) in [5, 5.41) is 3.09. The van der Waals surface area contributed by atoms with E-state index < -0.39 is 0 Å². The van der Waals surface area contributed by atoms with Gasteiger partial charge in [-0.15, -0.1) is 0 Å². The molecule has 6 nitrogen and oxygen atoms in total. The van der Waals surface area contributed by atoms with Gasteiger partial charge in [0.25, 0.3) is 5.91 Å². The van der Waals surface area contributed by atoms with Gasteiger partial charge in [-0.25, -0.2) is 4.98 Å². The van der Waals surface area contributed by atoms with Crippen molar-refractivity contribution in [3.05, 3.63) is 48.3 Å². The molecule has 0 radical (unpaired) electrons. The number of hydrogen-bond acceptors (Lipinski definition) is 5. The summed E-state index contributed by atoms with van der Waals surface area (Å²) >= 11 is 0. The third-order valence-electron chi connectivity index (χ3n) is 4.71. The lowest BCUT2D eigenvalue weighted by Crippen LogP contribution is -2.47. The molecule has 1 N–H and O–H groups in total. The third-order valence-corrected chi connectivity index (χ3v) is 4.71. The molecule has 0 saturated carbocycles. The number of benzene rings is 1. The molecule has 1 aromatic carbocycles. The van der Waals surface area contributed by atoms with Gasteiger partial charge < -0.3 is 19.5 Å². The third kappa shape index (κ3) is 5.45. The van der Waals surface area contributed by atoms with E-state index in [4.69, 9.17) is 14.2 Å². The average molecular weight is 384 g/mol. The number of carbonyl (C=O) groups is 1. The van der Waals surface area contributed by atoms with Crippen molar-refractivity contribution in [1.29, 1.82) is 0 Å². The van der Waals surface area contributed by atoms with E-state index in [0.29, 0.717) is 28.9 Å². The number of carbonyl (C=O) groups excluding carboxylic acids is 1. The second-order valence-corrected chi connectivity index (χ2v) is 7.42. The molecule has 28 heavy (non-hydrogen) atoms. The molecule has 2 atom stereocenters. The molecule has 1 aliphatic rings. The molecule has 2 heterocycles. The van der Waals surface area contributed by atoms with Crippen molar-refractivity contribution in [2.45, 2.75) is 45.3 Å². The minimum absolute atomic E-state index is 0.0261. The van der Waals surface area contributed by atoms with E-state index in [1.54, 1.807) is 31.5 Å². The van der Waals surface area contributed by atoms with E-state index in [9.17, 15) is 4.79 Å².